The Bertz CT molecular complexity index is 3710. The number of para-hydroxylation sites is 1. The van der Waals surface area contributed by atoms with E-state index in [4.69, 9.17) is 51.6 Å². The Labute approximate surface area is 572 Å². The molecule has 6 aromatic rings. The van der Waals surface area contributed by atoms with E-state index in [1.807, 2.05) is 88.6 Å². The van der Waals surface area contributed by atoms with Crippen molar-refractivity contribution in [3.8, 4) is 5.75 Å². The van der Waals surface area contributed by atoms with Gasteiger partial charge in [-0.05, 0) is 133 Å². The number of halogens is 5. The van der Waals surface area contributed by atoms with Crippen molar-refractivity contribution in [2.45, 2.75) is 137 Å². The molecule has 31 heteroatoms. The lowest BCUT2D eigenvalue weighted by Gasteiger charge is -2.35. The highest BCUT2D eigenvalue weighted by atomic mass is 127. The first kappa shape index (κ1) is 72.9. The number of anilines is 3. The Morgan fingerprint density at radius 2 is 1.09 bits per heavy atom. The maximum atomic E-state index is 13.3. The molecule has 3 unspecified atom stereocenters. The Hall–Kier alpha value is -7.97. The summed E-state index contributed by atoms with van der Waals surface area (Å²) in [6.45, 7) is 23.8. The number of hydrogen-bond acceptors (Lipinski definition) is 16. The SMILES string of the molecule is CC(C)(C)OC(=O)N1CCn2ncc(I)c2C1.CC1COCC(=O)N1.CC1COCC(=O)N1c1cnn2c1CN(C(=O)Cc1ccc(F)c(Cl)c1)CC2.CC1COCC(=O)N1c1cnn2c1CN(C(=O)OC(C)(C)C)CC2.O=C(Nc1ccc(F)c(Cl)c1)Oc1ccccc1. The predicted molar refractivity (Wildman–Crippen MR) is 355 cm³/mol. The molecule has 95 heavy (non-hydrogen) atoms. The highest BCUT2D eigenvalue weighted by Gasteiger charge is 2.36. The van der Waals surface area contributed by atoms with Crippen molar-refractivity contribution in [3.05, 3.63) is 133 Å². The minimum absolute atomic E-state index is 0.00382. The van der Waals surface area contributed by atoms with Gasteiger partial charge in [-0.2, -0.15) is 15.3 Å². The van der Waals surface area contributed by atoms with Gasteiger partial charge in [-0.1, -0.05) is 47.5 Å². The van der Waals surface area contributed by atoms with Crippen LogP contribution < -0.4 is 25.2 Å². The van der Waals surface area contributed by atoms with Crippen molar-refractivity contribution >= 4 is 105 Å². The Kier molecular flexibility index (Phi) is 25.0. The number of aromatic nitrogens is 6. The minimum atomic E-state index is -0.663. The molecule has 3 atom stereocenters. The molecule has 512 valence electrons. The second kappa shape index (κ2) is 32.6. The number of ether oxygens (including phenoxy) is 6. The number of nitrogens with zero attached hydrogens (tertiary/aromatic N) is 11. The molecule has 0 spiro atoms. The number of hydrogen-bond donors (Lipinski definition) is 2. The van der Waals surface area contributed by atoms with Crippen molar-refractivity contribution in [1.82, 2.24) is 49.4 Å². The minimum Gasteiger partial charge on any atom is -0.444 e. The van der Waals surface area contributed by atoms with E-state index in [1.165, 1.54) is 30.3 Å². The summed E-state index contributed by atoms with van der Waals surface area (Å²) < 4.78 is 64.2. The average Bonchev–Trinajstić information content (AvgIpc) is 1.65. The van der Waals surface area contributed by atoms with Crippen LogP contribution in [0.15, 0.2) is 85.3 Å². The van der Waals surface area contributed by atoms with Gasteiger partial charge >= 0.3 is 18.3 Å². The first-order valence-corrected chi connectivity index (χ1v) is 32.5. The molecule has 12 rings (SSSR count). The molecule has 6 aliphatic heterocycles. The number of benzene rings is 3. The van der Waals surface area contributed by atoms with Crippen LogP contribution in [0.25, 0.3) is 0 Å². The van der Waals surface area contributed by atoms with Gasteiger partial charge in [0.05, 0.1) is 138 Å². The summed E-state index contributed by atoms with van der Waals surface area (Å²) in [5.74, 6) is -0.917. The van der Waals surface area contributed by atoms with Gasteiger partial charge in [-0.3, -0.25) is 38.5 Å². The van der Waals surface area contributed by atoms with Gasteiger partial charge in [-0.25, -0.2) is 23.2 Å². The van der Waals surface area contributed by atoms with Crippen LogP contribution in [0.4, 0.5) is 40.2 Å². The van der Waals surface area contributed by atoms with Crippen LogP contribution in [0, 0.1) is 15.2 Å². The quantitative estimate of drug-likeness (QED) is 0.147. The van der Waals surface area contributed by atoms with Crippen LogP contribution in [0.5, 0.6) is 5.75 Å². The lowest BCUT2D eigenvalue weighted by molar-refractivity contribution is -0.132. The van der Waals surface area contributed by atoms with E-state index < -0.39 is 28.9 Å². The fourth-order valence-corrected chi connectivity index (χ4v) is 11.3. The Morgan fingerprint density at radius 1 is 0.621 bits per heavy atom. The normalized spacial score (nSPS) is 18.4. The zero-order valence-corrected chi connectivity index (χ0v) is 57.9. The lowest BCUT2D eigenvalue weighted by Crippen LogP contribution is -2.49. The summed E-state index contributed by atoms with van der Waals surface area (Å²) in [4.78, 5) is 92.1. The van der Waals surface area contributed by atoms with Gasteiger partial charge in [0.1, 0.15) is 48.4 Å². The van der Waals surface area contributed by atoms with Crippen LogP contribution in [-0.4, -0.2) is 175 Å². The van der Waals surface area contributed by atoms with Gasteiger partial charge in [0.15, 0.2) is 0 Å². The number of amides is 7. The number of carbonyl (C=O) groups excluding carboxylic acids is 7. The van der Waals surface area contributed by atoms with Gasteiger partial charge in [0.2, 0.25) is 11.8 Å². The maximum absolute atomic E-state index is 13.3. The summed E-state index contributed by atoms with van der Waals surface area (Å²) in [5, 5.41) is 18.1. The molecule has 0 saturated carbocycles. The second-order valence-corrected chi connectivity index (χ2v) is 26.8. The summed E-state index contributed by atoms with van der Waals surface area (Å²) >= 11 is 13.6. The molecule has 0 radical (unpaired) electrons. The summed E-state index contributed by atoms with van der Waals surface area (Å²) in [6, 6.07) is 16.8. The van der Waals surface area contributed by atoms with Crippen LogP contribution in [-0.2, 0) is 88.6 Å². The second-order valence-electron chi connectivity index (χ2n) is 24.8. The number of fused-ring (bicyclic) bond motifs is 3. The van der Waals surface area contributed by atoms with E-state index >= 15 is 0 Å². The van der Waals surface area contributed by atoms with E-state index in [2.05, 4.69) is 48.5 Å². The van der Waals surface area contributed by atoms with Gasteiger partial charge in [0, 0.05) is 31.4 Å². The maximum Gasteiger partial charge on any atom is 0.417 e. The highest BCUT2D eigenvalue weighted by Crippen LogP contribution is 2.31. The summed E-state index contributed by atoms with van der Waals surface area (Å²) in [6.07, 6.45) is 4.09. The molecular formula is C64H78Cl2F2IN13O13. The fraction of sp³-hybridized carbons (Fsp3) is 0.469. The standard InChI is InChI=1S/C19H20ClFN4O3.C16H24N4O4.C13H9ClFNO2.C11H16IN3O2.C5H9NO2/c1-12-10-28-11-19(27)25(12)16-8-22-24-5-4-23(9-17(16)24)18(26)7-13-2-3-15(21)14(20)6-13;1-11-9-23-10-14(21)20(11)12-7-17-19-6-5-18(8-13(12)19)15(22)24-16(2,3)4;14-11-8-9(6-7-12(11)15)16-13(17)18-10-4-2-1-3-5-10;1-11(2,3)17-10(16)14-4-5-15-9(7-14)8(12)6-13-15;1-4-2-8-3-5(7)6-4/h2-3,6,8,12H,4-5,7,9-11H2,1H3;7,11H,5-6,8-10H2,1-4H3;1-8H,(H,16,17);6H,4-5,7H2,1-3H3;4H,2-3H2,1H3,(H,6,7). The summed E-state index contributed by atoms with van der Waals surface area (Å²) in [7, 11) is 0. The molecule has 3 aromatic heterocycles. The molecule has 26 nitrogen and oxygen atoms in total. The van der Waals surface area contributed by atoms with Crippen LogP contribution in [0.1, 0.15) is 85.0 Å². The average molecular weight is 1470 g/mol. The van der Waals surface area contributed by atoms with Crippen LogP contribution in [0.3, 0.4) is 0 Å². The van der Waals surface area contributed by atoms with Crippen LogP contribution in [0.2, 0.25) is 10.0 Å². The molecule has 0 bridgehead atoms. The first-order valence-electron chi connectivity index (χ1n) is 30.6. The topological polar surface area (TPSA) is 269 Å². The van der Waals surface area contributed by atoms with E-state index in [0.29, 0.717) is 89.2 Å². The number of morpholine rings is 3. The molecule has 3 saturated heterocycles. The smallest absolute Gasteiger partial charge is 0.417 e. The fourth-order valence-electron chi connectivity index (χ4n) is 10.3. The van der Waals surface area contributed by atoms with Crippen molar-refractivity contribution in [2.24, 2.45) is 0 Å². The Morgan fingerprint density at radius 3 is 1.58 bits per heavy atom. The van der Waals surface area contributed by atoms with Crippen molar-refractivity contribution in [2.75, 3.05) is 74.4 Å². The summed E-state index contributed by atoms with van der Waals surface area (Å²) in [5.41, 5.74) is 4.30. The molecule has 3 fully saturated rings. The molecule has 2 N–H and O–H groups in total. The monoisotopic (exact) mass is 1470 g/mol. The van der Waals surface area contributed by atoms with E-state index in [1.54, 1.807) is 67.2 Å². The molecular weight excluding hydrogens is 1390 g/mol. The zero-order chi connectivity index (χ0) is 68.9. The van der Waals surface area contributed by atoms with E-state index in [9.17, 15) is 42.3 Å². The van der Waals surface area contributed by atoms with Crippen LogP contribution >= 0.6 is 45.8 Å². The number of rotatable bonds is 6. The largest absolute Gasteiger partial charge is 0.444 e. The third-order valence-corrected chi connectivity index (χ3v) is 16.2. The molecule has 7 amide bonds. The number of nitrogens with one attached hydrogen (secondary N) is 2. The highest BCUT2D eigenvalue weighted by molar-refractivity contribution is 14.1. The third-order valence-electron chi connectivity index (χ3n) is 14.7. The van der Waals surface area contributed by atoms with Gasteiger partial charge in [0.25, 0.3) is 11.8 Å². The molecule has 0 aliphatic carbocycles. The Balaban J connectivity index is 0.000000158. The first-order chi connectivity index (χ1) is 45.0. The van der Waals surface area contributed by atoms with Crippen molar-refractivity contribution < 1.29 is 70.8 Å². The third kappa shape index (κ3) is 20.5. The molecule has 6 aliphatic rings. The molecule has 9 heterocycles. The van der Waals surface area contributed by atoms with Crippen molar-refractivity contribution in [1.29, 1.82) is 0 Å². The lowest BCUT2D eigenvalue weighted by atomic mass is 10.1. The van der Waals surface area contributed by atoms with Crippen molar-refractivity contribution in [3.63, 3.8) is 0 Å². The predicted octanol–water partition coefficient (Wildman–Crippen LogP) is 9.25. The zero-order valence-electron chi connectivity index (χ0n) is 54.2. The van der Waals surface area contributed by atoms with Gasteiger partial charge < -0.3 is 58.2 Å². The van der Waals surface area contributed by atoms with E-state index in [0.717, 1.165) is 38.6 Å². The van der Waals surface area contributed by atoms with E-state index in [-0.39, 0.29) is 90.2 Å². The van der Waals surface area contributed by atoms with Gasteiger partial charge in [-0.15, -0.1) is 0 Å². The number of carbonyl (C=O) groups is 7. The molecule has 3 aromatic carbocycles.